The fraction of sp³-hybridized carbons (Fsp3) is 0.0182. The summed E-state index contributed by atoms with van der Waals surface area (Å²) in [4.78, 5) is 0. The second-order valence-corrected chi connectivity index (χ2v) is 14.8. The van der Waals surface area contributed by atoms with Crippen molar-refractivity contribution in [3.05, 3.63) is 229 Å². The zero-order valence-electron chi connectivity index (χ0n) is 30.3. The van der Waals surface area contributed by atoms with Crippen LogP contribution in [0.4, 0.5) is 0 Å². The van der Waals surface area contributed by atoms with Gasteiger partial charge in [0.2, 0.25) is 0 Å². The highest BCUT2D eigenvalue weighted by molar-refractivity contribution is 6.21. The minimum atomic E-state index is 0.0189. The van der Waals surface area contributed by atoms with E-state index in [9.17, 15) is 0 Å². The monoisotopic (exact) mass is 696 g/mol. The molecule has 0 nitrogen and oxygen atoms in total. The van der Waals surface area contributed by atoms with E-state index in [4.69, 9.17) is 0 Å². The second-order valence-electron chi connectivity index (χ2n) is 14.8. The van der Waals surface area contributed by atoms with Gasteiger partial charge in [0.1, 0.15) is 0 Å². The Morgan fingerprint density at radius 1 is 0.255 bits per heavy atom. The Bertz CT molecular complexity index is 3260. The van der Waals surface area contributed by atoms with Crippen molar-refractivity contribution in [2.24, 2.45) is 0 Å². The fourth-order valence-electron chi connectivity index (χ4n) is 9.11. The van der Waals surface area contributed by atoms with Crippen LogP contribution in [0.1, 0.15) is 22.6 Å². The van der Waals surface area contributed by atoms with Crippen molar-refractivity contribution in [2.45, 2.75) is 5.92 Å². The molecule has 0 spiro atoms. The lowest BCUT2D eigenvalue weighted by atomic mass is 9.80. The maximum absolute atomic E-state index is 2.42. The Balaban J connectivity index is 1.13. The van der Waals surface area contributed by atoms with Crippen LogP contribution in [0.2, 0.25) is 0 Å². The van der Waals surface area contributed by atoms with Crippen molar-refractivity contribution >= 4 is 64.6 Å². The summed E-state index contributed by atoms with van der Waals surface area (Å²) < 4.78 is 0. The van der Waals surface area contributed by atoms with Gasteiger partial charge in [-0.25, -0.2) is 0 Å². The zero-order chi connectivity index (χ0) is 36.3. The average Bonchev–Trinajstić information content (AvgIpc) is 3.26. The highest BCUT2D eigenvalue weighted by Crippen LogP contribution is 2.43. The van der Waals surface area contributed by atoms with Crippen molar-refractivity contribution in [2.75, 3.05) is 0 Å². The smallest absolute Gasteiger partial charge is 0.0346 e. The molecule has 0 saturated heterocycles. The molecule has 0 aliphatic rings. The first-order valence-electron chi connectivity index (χ1n) is 19.2. The second kappa shape index (κ2) is 12.8. The Labute approximate surface area is 320 Å². The molecule has 0 aromatic heterocycles. The molecule has 0 aliphatic carbocycles. The standard InChI is InChI=1S/C55H36/c1-2-11-36(12-3-1)41-15-10-16-44(33-41)54(45-29-30-47-42(34-45)27-23-37-13-4-6-17-46(37)47)52-32-31-48(50-19-8-9-20-51(50)52)43-28-24-39-22-26-40-25-21-38-14-5-7-18-49(38)55(40)53(39)35-43/h1-35,54H. The summed E-state index contributed by atoms with van der Waals surface area (Å²) in [7, 11) is 0. The van der Waals surface area contributed by atoms with Crippen LogP contribution in [0.15, 0.2) is 212 Å². The molecule has 0 N–H and O–H groups in total. The lowest BCUT2D eigenvalue weighted by Gasteiger charge is -2.23. The third-order valence-corrected chi connectivity index (χ3v) is 11.7. The van der Waals surface area contributed by atoms with Crippen molar-refractivity contribution in [1.82, 2.24) is 0 Å². The van der Waals surface area contributed by atoms with Crippen LogP contribution in [0.25, 0.3) is 86.9 Å². The number of fused-ring (bicyclic) bond motifs is 9. The summed E-state index contributed by atoms with van der Waals surface area (Å²) in [5.74, 6) is 0.0189. The number of hydrogen-bond acceptors (Lipinski definition) is 0. The van der Waals surface area contributed by atoms with E-state index in [-0.39, 0.29) is 5.92 Å². The first kappa shape index (κ1) is 31.5. The molecule has 11 rings (SSSR count). The summed E-state index contributed by atoms with van der Waals surface area (Å²) in [6.07, 6.45) is 0. The van der Waals surface area contributed by atoms with Gasteiger partial charge in [-0.15, -0.1) is 0 Å². The van der Waals surface area contributed by atoms with Crippen LogP contribution in [0.3, 0.4) is 0 Å². The normalized spacial score (nSPS) is 12.3. The van der Waals surface area contributed by atoms with Gasteiger partial charge in [0, 0.05) is 5.92 Å². The van der Waals surface area contributed by atoms with E-state index in [1.165, 1.54) is 104 Å². The van der Waals surface area contributed by atoms with E-state index in [0.717, 1.165) is 0 Å². The Morgan fingerprint density at radius 2 is 0.836 bits per heavy atom. The quantitative estimate of drug-likeness (QED) is 0.124. The first-order valence-corrected chi connectivity index (χ1v) is 19.2. The highest BCUT2D eigenvalue weighted by atomic mass is 14.3. The van der Waals surface area contributed by atoms with Gasteiger partial charge in [0.05, 0.1) is 0 Å². The summed E-state index contributed by atoms with van der Waals surface area (Å²) in [6, 6.07) is 78.8. The molecule has 11 aromatic carbocycles. The number of hydrogen-bond donors (Lipinski definition) is 0. The predicted octanol–water partition coefficient (Wildman–Crippen LogP) is 15.1. The van der Waals surface area contributed by atoms with E-state index >= 15 is 0 Å². The van der Waals surface area contributed by atoms with Crippen LogP contribution in [0, 0.1) is 0 Å². The largest absolute Gasteiger partial charge is 0.0622 e. The Hall–Kier alpha value is -7.02. The lowest BCUT2D eigenvalue weighted by Crippen LogP contribution is -2.05. The van der Waals surface area contributed by atoms with Crippen molar-refractivity contribution in [3.63, 3.8) is 0 Å². The minimum absolute atomic E-state index is 0.0189. The highest BCUT2D eigenvalue weighted by Gasteiger charge is 2.22. The maximum atomic E-state index is 2.42. The molecule has 256 valence electrons. The molecule has 0 heteroatoms. The van der Waals surface area contributed by atoms with E-state index < -0.39 is 0 Å². The van der Waals surface area contributed by atoms with Crippen LogP contribution in [-0.4, -0.2) is 0 Å². The van der Waals surface area contributed by atoms with Crippen molar-refractivity contribution < 1.29 is 0 Å². The molecule has 55 heavy (non-hydrogen) atoms. The third kappa shape index (κ3) is 5.30. The Kier molecular flexibility index (Phi) is 7.35. The number of rotatable bonds is 5. The molecular weight excluding hydrogens is 661 g/mol. The lowest BCUT2D eigenvalue weighted by molar-refractivity contribution is 0.993. The van der Waals surface area contributed by atoms with E-state index in [0.29, 0.717) is 0 Å². The molecule has 0 bridgehead atoms. The Morgan fingerprint density at radius 3 is 1.65 bits per heavy atom. The van der Waals surface area contributed by atoms with Crippen LogP contribution in [0.5, 0.6) is 0 Å². The molecule has 1 atom stereocenters. The molecule has 1 unspecified atom stereocenters. The van der Waals surface area contributed by atoms with Gasteiger partial charge in [-0.1, -0.05) is 206 Å². The zero-order valence-corrected chi connectivity index (χ0v) is 30.3. The first-order chi connectivity index (χ1) is 27.3. The minimum Gasteiger partial charge on any atom is -0.0622 e. The topological polar surface area (TPSA) is 0 Å². The molecule has 0 saturated carbocycles. The van der Waals surface area contributed by atoms with Crippen LogP contribution in [-0.2, 0) is 0 Å². The molecular formula is C55H36. The summed E-state index contributed by atoms with van der Waals surface area (Å²) in [6.45, 7) is 0. The van der Waals surface area contributed by atoms with E-state index in [1.54, 1.807) is 0 Å². The van der Waals surface area contributed by atoms with Crippen molar-refractivity contribution in [3.8, 4) is 22.3 Å². The third-order valence-electron chi connectivity index (χ3n) is 11.7. The SMILES string of the molecule is c1ccc(-c2cccc(C(c3ccc4c(ccc5ccccc54)c3)c3ccc(-c4ccc5ccc6ccc7ccccc7c6c5c4)c4ccccc34)c2)cc1. The summed E-state index contributed by atoms with van der Waals surface area (Å²) in [5.41, 5.74) is 8.81. The van der Waals surface area contributed by atoms with Gasteiger partial charge in [-0.2, -0.15) is 0 Å². The maximum Gasteiger partial charge on any atom is 0.0346 e. The van der Waals surface area contributed by atoms with Crippen LogP contribution >= 0.6 is 0 Å². The summed E-state index contributed by atoms with van der Waals surface area (Å²) >= 11 is 0. The summed E-state index contributed by atoms with van der Waals surface area (Å²) in [5, 5.41) is 15.4. The number of benzene rings is 11. The van der Waals surface area contributed by atoms with Gasteiger partial charge in [-0.05, 0) is 110 Å². The average molecular weight is 697 g/mol. The fourth-order valence-corrected chi connectivity index (χ4v) is 9.11. The van der Waals surface area contributed by atoms with Gasteiger partial charge in [0.25, 0.3) is 0 Å². The van der Waals surface area contributed by atoms with E-state index in [1.807, 2.05) is 0 Å². The molecule has 0 heterocycles. The van der Waals surface area contributed by atoms with E-state index in [2.05, 4.69) is 212 Å². The van der Waals surface area contributed by atoms with Gasteiger partial charge < -0.3 is 0 Å². The van der Waals surface area contributed by atoms with Gasteiger partial charge in [0.15, 0.2) is 0 Å². The van der Waals surface area contributed by atoms with Gasteiger partial charge in [-0.3, -0.25) is 0 Å². The predicted molar refractivity (Wildman–Crippen MR) is 236 cm³/mol. The molecule has 11 aromatic rings. The molecule has 0 aliphatic heterocycles. The van der Waals surface area contributed by atoms with Crippen molar-refractivity contribution in [1.29, 1.82) is 0 Å². The molecule has 0 amide bonds. The van der Waals surface area contributed by atoms with Gasteiger partial charge >= 0.3 is 0 Å². The molecule has 0 fully saturated rings. The van der Waals surface area contributed by atoms with Crippen LogP contribution < -0.4 is 0 Å². The molecule has 0 radical (unpaired) electrons.